The maximum Gasteiger partial charge on any atom is 0.280 e. The molecule has 0 saturated heterocycles. The maximum absolute atomic E-state index is 12.7. The molecule has 12 aromatic heterocycles. The Bertz CT molecular complexity index is 9200. The predicted molar refractivity (Wildman–Crippen MR) is 536 cm³/mol. The fourth-order valence-corrected chi connectivity index (χ4v) is 16.9. The molecule has 0 aliphatic rings. The number of nitrogens with one attached hydrogen (secondary N) is 6. The van der Waals surface area contributed by atoms with E-state index in [2.05, 4.69) is 60.5 Å². The highest BCUT2D eigenvalue weighted by atomic mass is 16.3. The van der Waals surface area contributed by atoms with Crippen molar-refractivity contribution in [2.75, 3.05) is 0 Å². The molecular weight excluding hydrogens is 1690 g/mol. The van der Waals surface area contributed by atoms with Crippen LogP contribution in [0.3, 0.4) is 0 Å². The third kappa shape index (κ3) is 16.7. The number of fused-ring (bicyclic) bond motifs is 18. The molecule has 0 saturated carbocycles. The van der Waals surface area contributed by atoms with Crippen molar-refractivity contribution in [3.8, 4) is 34.1 Å². The number of rotatable bonds is 9. The first kappa shape index (κ1) is 87.0. The fraction of sp³-hybridized carbons (Fsp3) is 0.111. The summed E-state index contributed by atoms with van der Waals surface area (Å²) < 4.78 is 9.36. The van der Waals surface area contributed by atoms with E-state index in [1.807, 2.05) is 317 Å². The molecule has 9 N–H and O–H groups in total. The monoisotopic (exact) mass is 1780 g/mol. The number of nitrogens with zero attached hydrogens (tertiary/aromatic N) is 12. The van der Waals surface area contributed by atoms with Crippen molar-refractivity contribution in [1.82, 2.24) is 88.6 Å². The van der Waals surface area contributed by atoms with Crippen LogP contribution >= 0.6 is 0 Å². The van der Waals surface area contributed by atoms with Crippen molar-refractivity contribution in [2.24, 2.45) is 0 Å². The SMILES string of the molecule is Cc1ccc(-n2[nH]c3c(cnc4cc(C)ccc43)c2=O)cc1.Cc1ccc(-n2[nH]c3c(cnc4ccc(CO)cc43)c2=O)cc1.Cc1ccc2c(c1)ncc1c(=O)n(-c3ccccc3C)[nH]c12.Cc1cccc(-n2[nH]c3c(cnc4cc(C)ccc43)c2=O)c1.Cc1cccc(-n2[nH]c3c(cnc4ccc(CO)cc43)c2=O)c1.Cc1ccccc1-n1[nH]c2c(cnc3ccc(CO)cc32)c1=O. The topological polar surface area (TPSA) is 365 Å². The van der Waals surface area contributed by atoms with Gasteiger partial charge in [0.05, 0.1) is 152 Å². The summed E-state index contributed by atoms with van der Waals surface area (Å²) in [4.78, 5) is 102. The molecule has 12 aromatic carbocycles. The Hall–Kier alpha value is -17.4. The van der Waals surface area contributed by atoms with Gasteiger partial charge in [0.15, 0.2) is 0 Å². The Morgan fingerprint density at radius 2 is 0.467 bits per heavy atom. The standard InChI is InChI=1S/3C18H15N3O2.3C18H15N3O/c1-11-2-5-13(6-3-11)21-18(23)15-9-19-16-7-4-12(10-22)8-14(16)17(15)20-21;1-11-3-2-4-13(7-11)21-18(23)15-9-19-16-6-5-12(10-22)8-14(16)17(15)20-21;1-11-4-2-3-5-16(11)21-18(23)14-9-19-15-7-6-12(10-22)8-13(15)17(14)20-21;1-11-3-6-13(7-4-11)21-18(22)15-10-19-16-9-12(2)5-8-14(16)17(15)20-21;1-11-4-3-5-13(8-11)21-18(22)15-10-19-16-9-12(2)6-7-14(16)17(15)20-21;1-11-7-8-13-15(9-11)19-10-14-17(13)20-21(18(14)22)16-6-4-3-5-12(16)2/h3*2-9,20,22H,10H2,1H3;3*3-10,20H,1-2H3. The van der Waals surface area contributed by atoms with Gasteiger partial charge in [-0.25, -0.2) is 28.1 Å². The zero-order valence-electron chi connectivity index (χ0n) is 75.0. The molecule has 0 aliphatic carbocycles. The molecule has 0 unspecified atom stereocenters. The van der Waals surface area contributed by atoms with Crippen LogP contribution in [0.5, 0.6) is 0 Å². The lowest BCUT2D eigenvalue weighted by atomic mass is 10.1. The molecule has 27 heteroatoms. The van der Waals surface area contributed by atoms with E-state index in [9.17, 15) is 44.1 Å². The quantitative estimate of drug-likeness (QED) is 0.0648. The minimum Gasteiger partial charge on any atom is -0.392 e. The average molecular weight is 1780 g/mol. The number of pyridine rings is 6. The Morgan fingerprint density at radius 3 is 0.756 bits per heavy atom. The number of hydrogen-bond donors (Lipinski definition) is 9. The van der Waals surface area contributed by atoms with Gasteiger partial charge in [-0.05, 0) is 233 Å². The number of aliphatic hydroxyl groups excluding tert-OH is 3. The van der Waals surface area contributed by atoms with Crippen LogP contribution in [-0.2, 0) is 19.8 Å². The van der Waals surface area contributed by atoms with Crippen molar-refractivity contribution in [1.29, 1.82) is 0 Å². The summed E-state index contributed by atoms with van der Waals surface area (Å²) in [6.45, 7) is 18.0. The van der Waals surface area contributed by atoms with Gasteiger partial charge in [-0.2, -0.15) is 0 Å². The molecule has 27 nitrogen and oxygen atoms in total. The number of H-pyrrole nitrogens is 6. The van der Waals surface area contributed by atoms with Gasteiger partial charge in [-0.15, -0.1) is 0 Å². The maximum atomic E-state index is 12.7. The summed E-state index contributed by atoms with van der Waals surface area (Å²) in [6, 6.07) is 81.6. The summed E-state index contributed by atoms with van der Waals surface area (Å²) in [5.41, 5.74) is 26.4. The largest absolute Gasteiger partial charge is 0.392 e. The van der Waals surface area contributed by atoms with Gasteiger partial charge in [0.25, 0.3) is 33.4 Å². The van der Waals surface area contributed by atoms with Crippen LogP contribution in [0, 0.1) is 62.3 Å². The molecule has 666 valence electrons. The van der Waals surface area contributed by atoms with Crippen molar-refractivity contribution < 1.29 is 15.3 Å². The number of benzene rings is 12. The summed E-state index contributed by atoms with van der Waals surface area (Å²) in [7, 11) is 0. The summed E-state index contributed by atoms with van der Waals surface area (Å²) in [6.07, 6.45) is 9.76. The van der Waals surface area contributed by atoms with Gasteiger partial charge in [-0.3, -0.25) is 89.3 Å². The molecule has 12 heterocycles. The lowest BCUT2D eigenvalue weighted by Crippen LogP contribution is -2.15. The number of aliphatic hydroxyl groups is 3. The average Bonchev–Trinajstić information content (AvgIpc) is 1.64. The number of para-hydroxylation sites is 2. The van der Waals surface area contributed by atoms with E-state index in [1.54, 1.807) is 55.9 Å². The van der Waals surface area contributed by atoms with E-state index >= 15 is 0 Å². The van der Waals surface area contributed by atoms with Crippen molar-refractivity contribution in [2.45, 2.75) is 82.1 Å². The molecule has 0 amide bonds. The molecule has 135 heavy (non-hydrogen) atoms. The summed E-state index contributed by atoms with van der Waals surface area (Å²) >= 11 is 0. The van der Waals surface area contributed by atoms with Gasteiger partial charge in [0, 0.05) is 69.5 Å². The second kappa shape index (κ2) is 36.2. The molecular formula is C108H90N18O9. The molecule has 0 atom stereocenters. The molecule has 24 rings (SSSR count). The Morgan fingerprint density at radius 1 is 0.215 bits per heavy atom. The van der Waals surface area contributed by atoms with E-state index in [0.29, 0.717) is 32.3 Å². The second-order valence-corrected chi connectivity index (χ2v) is 33.8. The lowest BCUT2D eigenvalue weighted by molar-refractivity contribution is 0.282. The Kier molecular flexibility index (Phi) is 23.3. The first-order valence-electron chi connectivity index (χ1n) is 43.8. The van der Waals surface area contributed by atoms with E-state index in [1.165, 1.54) is 9.36 Å². The highest BCUT2D eigenvalue weighted by Crippen LogP contribution is 2.31. The van der Waals surface area contributed by atoms with Crippen LogP contribution in [0.4, 0.5) is 0 Å². The third-order valence-electron chi connectivity index (χ3n) is 24.2. The number of aryl methyl sites for hydroxylation is 9. The highest BCUT2D eigenvalue weighted by molar-refractivity contribution is 6.08. The van der Waals surface area contributed by atoms with Crippen molar-refractivity contribution in [3.63, 3.8) is 0 Å². The van der Waals surface area contributed by atoms with Crippen molar-refractivity contribution in [3.05, 3.63) is 421 Å². The minimum atomic E-state index is -0.132. The van der Waals surface area contributed by atoms with Gasteiger partial charge >= 0.3 is 0 Å². The van der Waals surface area contributed by atoms with Crippen molar-refractivity contribution >= 4 is 131 Å². The number of aromatic amines is 6. The second-order valence-electron chi connectivity index (χ2n) is 33.8. The van der Waals surface area contributed by atoms with E-state index in [4.69, 9.17) is 0 Å². The molecule has 0 radical (unpaired) electrons. The third-order valence-corrected chi connectivity index (χ3v) is 24.2. The molecule has 0 spiro atoms. The molecule has 0 aliphatic heterocycles. The predicted octanol–water partition coefficient (Wildman–Crippen LogP) is 18.5. The normalized spacial score (nSPS) is 11.4. The molecule has 0 bridgehead atoms. The van der Waals surface area contributed by atoms with Gasteiger partial charge in [0.2, 0.25) is 0 Å². The molecule has 24 aromatic rings. The summed E-state index contributed by atoms with van der Waals surface area (Å²) in [5.74, 6) is 0. The van der Waals surface area contributed by atoms with Gasteiger partial charge in [-0.1, -0.05) is 151 Å². The molecule has 0 fully saturated rings. The van der Waals surface area contributed by atoms with Crippen LogP contribution in [0.25, 0.3) is 165 Å². The van der Waals surface area contributed by atoms with Crippen LogP contribution in [0.15, 0.2) is 321 Å². The minimum absolute atomic E-state index is 0.0464. The van der Waals surface area contributed by atoms with E-state index < -0.39 is 0 Å². The smallest absolute Gasteiger partial charge is 0.280 e. The van der Waals surface area contributed by atoms with Crippen LogP contribution in [0.2, 0.25) is 0 Å². The number of aromatic nitrogens is 18. The Balaban J connectivity index is 0.000000104. The first-order valence-corrected chi connectivity index (χ1v) is 43.8. The van der Waals surface area contributed by atoms with Crippen LogP contribution < -0.4 is 33.4 Å². The fourth-order valence-electron chi connectivity index (χ4n) is 16.9. The van der Waals surface area contributed by atoms with Crippen LogP contribution in [-0.4, -0.2) is 104 Å². The van der Waals surface area contributed by atoms with Gasteiger partial charge < -0.3 is 15.3 Å². The highest BCUT2D eigenvalue weighted by Gasteiger charge is 2.21. The van der Waals surface area contributed by atoms with Gasteiger partial charge in [0.1, 0.15) is 0 Å². The summed E-state index contributed by atoms with van der Waals surface area (Å²) in [5, 5.41) is 56.1. The lowest BCUT2D eigenvalue weighted by Gasteiger charge is -2.05. The van der Waals surface area contributed by atoms with Crippen LogP contribution in [0.1, 0.15) is 66.8 Å². The Labute approximate surface area is 767 Å². The number of hydrogen-bond acceptors (Lipinski definition) is 15. The van der Waals surface area contributed by atoms with E-state index in [-0.39, 0.29) is 53.2 Å². The van der Waals surface area contributed by atoms with E-state index in [0.717, 1.165) is 199 Å². The zero-order chi connectivity index (χ0) is 93.7. The zero-order valence-corrected chi connectivity index (χ0v) is 75.0. The first-order chi connectivity index (χ1) is 65.4.